The summed E-state index contributed by atoms with van der Waals surface area (Å²) in [6, 6.07) is 0. The van der Waals surface area contributed by atoms with Gasteiger partial charge in [0.25, 0.3) is 0 Å². The van der Waals surface area contributed by atoms with Crippen LogP contribution in [0.2, 0.25) is 0 Å². The molecule has 2 atom stereocenters. The van der Waals surface area contributed by atoms with E-state index in [2.05, 4.69) is 5.32 Å². The van der Waals surface area contributed by atoms with Gasteiger partial charge in [-0.05, 0) is 31.7 Å². The Morgan fingerprint density at radius 1 is 1.24 bits per heavy atom. The van der Waals surface area contributed by atoms with Crippen LogP contribution < -0.4 is 5.32 Å². The zero-order valence-electron chi connectivity index (χ0n) is 13.1. The number of amides is 1. The van der Waals surface area contributed by atoms with E-state index in [9.17, 15) is 9.90 Å². The van der Waals surface area contributed by atoms with Crippen molar-refractivity contribution in [3.63, 3.8) is 0 Å². The van der Waals surface area contributed by atoms with Crippen LogP contribution in [0.25, 0.3) is 0 Å². The molecule has 0 radical (unpaired) electrons. The highest BCUT2D eigenvalue weighted by Crippen LogP contribution is 2.33. The van der Waals surface area contributed by atoms with E-state index >= 15 is 0 Å². The van der Waals surface area contributed by atoms with Crippen molar-refractivity contribution >= 4 is 5.91 Å². The van der Waals surface area contributed by atoms with Gasteiger partial charge in [-0.2, -0.15) is 0 Å². The Morgan fingerprint density at radius 3 is 2.86 bits per heavy atom. The van der Waals surface area contributed by atoms with Gasteiger partial charge in [-0.25, -0.2) is 0 Å². The van der Waals surface area contributed by atoms with Gasteiger partial charge < -0.3 is 15.3 Å². The lowest BCUT2D eigenvalue weighted by atomic mass is 9.76. The summed E-state index contributed by atoms with van der Waals surface area (Å²) in [6.45, 7) is 3.25. The summed E-state index contributed by atoms with van der Waals surface area (Å²) in [7, 11) is 0. The first-order valence-corrected chi connectivity index (χ1v) is 8.88. The van der Waals surface area contributed by atoms with Gasteiger partial charge in [0, 0.05) is 32.0 Å². The number of likely N-dealkylation sites (tertiary alicyclic amines) is 1. The molecule has 0 aromatic rings. The SMILES string of the molecule is O=C(CCC1CCCCC1)N1CC[C@@]2(O)CCNC[C@H]2C1. The van der Waals surface area contributed by atoms with Crippen LogP contribution in [0.15, 0.2) is 0 Å². The number of hydrogen-bond donors (Lipinski definition) is 2. The highest BCUT2D eigenvalue weighted by Gasteiger charge is 2.43. The fraction of sp³-hybridized carbons (Fsp3) is 0.941. The molecule has 3 rings (SSSR count). The number of rotatable bonds is 3. The van der Waals surface area contributed by atoms with Crippen LogP contribution in [0.1, 0.15) is 57.8 Å². The number of nitrogens with zero attached hydrogens (tertiary/aromatic N) is 1. The molecule has 2 saturated heterocycles. The van der Waals surface area contributed by atoms with Crippen LogP contribution in [0, 0.1) is 11.8 Å². The third-order valence-electron chi connectivity index (χ3n) is 5.98. The van der Waals surface area contributed by atoms with Gasteiger partial charge in [0.2, 0.25) is 5.91 Å². The average molecular weight is 294 g/mol. The molecule has 3 fully saturated rings. The first-order valence-electron chi connectivity index (χ1n) is 8.88. The van der Waals surface area contributed by atoms with Crippen molar-refractivity contribution < 1.29 is 9.90 Å². The van der Waals surface area contributed by atoms with Gasteiger partial charge in [-0.15, -0.1) is 0 Å². The minimum absolute atomic E-state index is 0.221. The van der Waals surface area contributed by atoms with Gasteiger partial charge in [-0.3, -0.25) is 4.79 Å². The summed E-state index contributed by atoms with van der Waals surface area (Å²) in [5.74, 6) is 1.31. The van der Waals surface area contributed by atoms with Gasteiger partial charge in [0.15, 0.2) is 0 Å². The molecule has 0 spiro atoms. The Balaban J connectivity index is 1.47. The first kappa shape index (κ1) is 15.3. The van der Waals surface area contributed by atoms with E-state index in [-0.39, 0.29) is 5.92 Å². The highest BCUT2D eigenvalue weighted by molar-refractivity contribution is 5.76. The maximum Gasteiger partial charge on any atom is 0.222 e. The molecule has 1 saturated carbocycles. The lowest BCUT2D eigenvalue weighted by Gasteiger charge is -2.47. The maximum atomic E-state index is 12.4. The molecule has 2 heterocycles. The second-order valence-electron chi connectivity index (χ2n) is 7.39. The number of fused-ring (bicyclic) bond motifs is 1. The zero-order chi connectivity index (χ0) is 14.7. The zero-order valence-corrected chi connectivity index (χ0v) is 13.1. The van der Waals surface area contributed by atoms with Crippen LogP contribution in [0.3, 0.4) is 0 Å². The second kappa shape index (κ2) is 6.66. The summed E-state index contributed by atoms with van der Waals surface area (Å²) in [5, 5.41) is 14.0. The molecule has 0 aromatic carbocycles. The lowest BCUT2D eigenvalue weighted by molar-refractivity contribution is -0.142. The van der Waals surface area contributed by atoms with Crippen molar-refractivity contribution in [1.29, 1.82) is 0 Å². The van der Waals surface area contributed by atoms with Crippen LogP contribution in [-0.4, -0.2) is 47.7 Å². The quantitative estimate of drug-likeness (QED) is 0.836. The van der Waals surface area contributed by atoms with Crippen molar-refractivity contribution in [3.05, 3.63) is 0 Å². The van der Waals surface area contributed by atoms with Crippen LogP contribution in [0.4, 0.5) is 0 Å². The molecule has 1 aliphatic carbocycles. The molecule has 1 amide bonds. The van der Waals surface area contributed by atoms with Gasteiger partial charge in [-0.1, -0.05) is 32.1 Å². The normalized spacial score (nSPS) is 34.5. The molecule has 2 aliphatic heterocycles. The van der Waals surface area contributed by atoms with Crippen LogP contribution in [0.5, 0.6) is 0 Å². The summed E-state index contributed by atoms with van der Waals surface area (Å²) in [6.07, 6.45) is 10.1. The molecule has 0 unspecified atom stereocenters. The Labute approximate surface area is 128 Å². The monoisotopic (exact) mass is 294 g/mol. The highest BCUT2D eigenvalue weighted by atomic mass is 16.3. The number of carbonyl (C=O) groups is 1. The predicted molar refractivity (Wildman–Crippen MR) is 82.9 cm³/mol. The Morgan fingerprint density at radius 2 is 2.05 bits per heavy atom. The Kier molecular flexibility index (Phi) is 4.85. The Bertz CT molecular complexity index is 368. The van der Waals surface area contributed by atoms with E-state index in [1.807, 2.05) is 4.90 Å². The molecule has 0 bridgehead atoms. The van der Waals surface area contributed by atoms with Crippen LogP contribution >= 0.6 is 0 Å². The molecule has 21 heavy (non-hydrogen) atoms. The minimum atomic E-state index is -0.522. The van der Waals surface area contributed by atoms with E-state index in [4.69, 9.17) is 0 Å². The minimum Gasteiger partial charge on any atom is -0.389 e. The molecule has 2 N–H and O–H groups in total. The van der Waals surface area contributed by atoms with Crippen molar-refractivity contribution in [1.82, 2.24) is 10.2 Å². The molecular weight excluding hydrogens is 264 g/mol. The molecule has 0 aromatic heterocycles. The van der Waals surface area contributed by atoms with E-state index in [0.717, 1.165) is 51.4 Å². The first-order chi connectivity index (χ1) is 10.2. The summed E-state index contributed by atoms with van der Waals surface area (Å²) in [4.78, 5) is 14.5. The van der Waals surface area contributed by atoms with Gasteiger partial charge in [0.05, 0.1) is 5.60 Å². The fourth-order valence-electron chi connectivity index (χ4n) is 4.41. The molecule has 4 nitrogen and oxygen atoms in total. The van der Waals surface area contributed by atoms with E-state index in [1.165, 1.54) is 32.1 Å². The fourth-order valence-corrected chi connectivity index (χ4v) is 4.41. The summed E-state index contributed by atoms with van der Waals surface area (Å²) in [5.41, 5.74) is -0.522. The van der Waals surface area contributed by atoms with Gasteiger partial charge in [0.1, 0.15) is 0 Å². The number of nitrogens with one attached hydrogen (secondary N) is 1. The third kappa shape index (κ3) is 3.59. The standard InChI is InChI=1S/C17H30N2O2/c20-16(7-6-14-4-2-1-3-5-14)19-11-9-17(21)8-10-18-12-15(17)13-19/h14-15,18,21H,1-13H2/t15-,17-/m0/s1. The van der Waals surface area contributed by atoms with Crippen LogP contribution in [-0.2, 0) is 4.79 Å². The van der Waals surface area contributed by atoms with E-state index < -0.39 is 5.60 Å². The number of carbonyl (C=O) groups excluding carboxylic acids is 1. The third-order valence-corrected chi connectivity index (χ3v) is 5.98. The summed E-state index contributed by atoms with van der Waals surface area (Å²) < 4.78 is 0. The predicted octanol–water partition coefficient (Wildman–Crippen LogP) is 1.92. The maximum absolute atomic E-state index is 12.4. The van der Waals surface area contributed by atoms with Crippen molar-refractivity contribution in [2.75, 3.05) is 26.2 Å². The lowest BCUT2D eigenvalue weighted by Crippen LogP contribution is -2.59. The largest absolute Gasteiger partial charge is 0.389 e. The average Bonchev–Trinajstić information content (AvgIpc) is 2.52. The van der Waals surface area contributed by atoms with Crippen molar-refractivity contribution in [2.24, 2.45) is 11.8 Å². The molecular formula is C17H30N2O2. The van der Waals surface area contributed by atoms with Gasteiger partial charge >= 0.3 is 0 Å². The van der Waals surface area contributed by atoms with E-state index in [1.54, 1.807) is 0 Å². The molecule has 3 aliphatic rings. The summed E-state index contributed by atoms with van der Waals surface area (Å²) >= 11 is 0. The number of hydrogen-bond acceptors (Lipinski definition) is 3. The second-order valence-corrected chi connectivity index (χ2v) is 7.39. The van der Waals surface area contributed by atoms with Crippen molar-refractivity contribution in [2.45, 2.75) is 63.4 Å². The van der Waals surface area contributed by atoms with E-state index in [0.29, 0.717) is 12.3 Å². The smallest absolute Gasteiger partial charge is 0.222 e. The molecule has 120 valence electrons. The topological polar surface area (TPSA) is 52.6 Å². The number of aliphatic hydroxyl groups is 1. The Hall–Kier alpha value is -0.610. The molecule has 4 heteroatoms. The van der Waals surface area contributed by atoms with Crippen molar-refractivity contribution in [3.8, 4) is 0 Å². The number of piperidine rings is 2.